The Labute approximate surface area is 77.7 Å². The zero-order chi connectivity index (χ0) is 9.54. The number of hydrogen-bond acceptors (Lipinski definition) is 6. The van der Waals surface area contributed by atoms with Gasteiger partial charge in [-0.05, 0) is 16.7 Å². The van der Waals surface area contributed by atoms with E-state index in [-0.39, 0.29) is 5.56 Å². The Kier molecular flexibility index (Phi) is 1.35. The van der Waals surface area contributed by atoms with Crippen LogP contribution in [0.2, 0.25) is 0 Å². The van der Waals surface area contributed by atoms with E-state index in [1.807, 2.05) is 4.90 Å². The Bertz CT molecular complexity index is 526. The molecule has 0 aliphatic carbocycles. The highest BCUT2D eigenvalue weighted by atomic mass is 16.6. The molecule has 0 amide bonds. The zero-order valence-corrected chi connectivity index (χ0v) is 7.23. The van der Waals surface area contributed by atoms with Crippen molar-refractivity contribution in [3.05, 3.63) is 10.4 Å². The van der Waals surface area contributed by atoms with E-state index in [9.17, 15) is 4.79 Å². The number of anilines is 1. The minimum atomic E-state index is -0.243. The third-order valence-corrected chi connectivity index (χ3v) is 2.27. The van der Waals surface area contributed by atoms with Crippen LogP contribution >= 0.6 is 0 Å². The second kappa shape index (κ2) is 2.53. The zero-order valence-electron chi connectivity index (χ0n) is 7.23. The molecule has 0 unspecified atom stereocenters. The number of nitrogens with one attached hydrogen (secondary N) is 1. The molecule has 7 heteroatoms. The predicted octanol–water partition coefficient (Wildman–Crippen LogP) is -0.484. The molecular weight excluding hydrogens is 186 g/mol. The lowest BCUT2D eigenvalue weighted by molar-refractivity contribution is 0.314. The largest absolute Gasteiger partial charge is 0.352 e. The topological polar surface area (TPSA) is 87.9 Å². The first kappa shape index (κ1) is 7.48. The van der Waals surface area contributed by atoms with Crippen molar-refractivity contribution in [3.63, 3.8) is 0 Å². The van der Waals surface area contributed by atoms with Crippen molar-refractivity contribution in [2.24, 2.45) is 0 Å². The normalized spacial score (nSPS) is 15.9. The van der Waals surface area contributed by atoms with E-state index in [2.05, 4.69) is 24.9 Å². The first-order valence-electron chi connectivity index (χ1n) is 4.32. The van der Waals surface area contributed by atoms with Gasteiger partial charge in [-0.3, -0.25) is 9.78 Å². The van der Waals surface area contributed by atoms with Gasteiger partial charge >= 0.3 is 0 Å². The summed E-state index contributed by atoms with van der Waals surface area (Å²) in [6.07, 6.45) is 1.09. The molecule has 1 saturated heterocycles. The monoisotopic (exact) mass is 193 g/mol. The first-order chi connectivity index (χ1) is 6.84. The van der Waals surface area contributed by atoms with Crippen LogP contribution in [-0.4, -0.2) is 33.4 Å². The van der Waals surface area contributed by atoms with Gasteiger partial charge in [-0.15, -0.1) is 0 Å². The highest BCUT2D eigenvalue weighted by Gasteiger charge is 2.20. The summed E-state index contributed by atoms with van der Waals surface area (Å²) in [4.78, 5) is 20.0. The molecule has 72 valence electrons. The molecule has 1 fully saturated rings. The summed E-state index contributed by atoms with van der Waals surface area (Å²) in [5.74, 6) is 0.402. The lowest BCUT2D eigenvalue weighted by atomic mass is 10.2. The van der Waals surface area contributed by atoms with Gasteiger partial charge in [-0.2, -0.15) is 4.98 Å². The molecule has 3 heterocycles. The smallest absolute Gasteiger partial charge is 0.292 e. The summed E-state index contributed by atoms with van der Waals surface area (Å²) in [6.45, 7) is 1.74. The third kappa shape index (κ3) is 0.918. The average molecular weight is 193 g/mol. The maximum Gasteiger partial charge on any atom is 0.292 e. The van der Waals surface area contributed by atoms with Crippen molar-refractivity contribution in [3.8, 4) is 0 Å². The molecule has 1 aliphatic rings. The number of rotatable bonds is 1. The quantitative estimate of drug-likeness (QED) is 0.657. The minimum Gasteiger partial charge on any atom is -0.352 e. The van der Waals surface area contributed by atoms with E-state index in [4.69, 9.17) is 0 Å². The van der Waals surface area contributed by atoms with E-state index in [1.165, 1.54) is 0 Å². The molecule has 0 spiro atoms. The number of hydrogen-bond donors (Lipinski definition) is 1. The first-order valence-corrected chi connectivity index (χ1v) is 4.32. The fraction of sp³-hybridized carbons (Fsp3) is 0.429. The minimum absolute atomic E-state index is 0.243. The van der Waals surface area contributed by atoms with Crippen LogP contribution in [0.1, 0.15) is 6.42 Å². The number of nitrogens with zero attached hydrogens (tertiary/aromatic N) is 4. The van der Waals surface area contributed by atoms with Gasteiger partial charge in [0.1, 0.15) is 0 Å². The summed E-state index contributed by atoms with van der Waals surface area (Å²) in [6, 6.07) is 0. The molecule has 2 aromatic rings. The molecule has 1 N–H and O–H groups in total. The maximum absolute atomic E-state index is 11.5. The van der Waals surface area contributed by atoms with Crippen LogP contribution in [-0.2, 0) is 0 Å². The second-order valence-electron chi connectivity index (χ2n) is 3.17. The van der Waals surface area contributed by atoms with Crippen LogP contribution in [0.4, 0.5) is 5.82 Å². The lowest BCUT2D eigenvalue weighted by Crippen LogP contribution is -2.41. The van der Waals surface area contributed by atoms with Crippen LogP contribution in [0.5, 0.6) is 0 Å². The third-order valence-electron chi connectivity index (χ3n) is 2.27. The predicted molar refractivity (Wildman–Crippen MR) is 47.0 cm³/mol. The molecule has 3 rings (SSSR count). The maximum atomic E-state index is 11.5. The van der Waals surface area contributed by atoms with Crippen LogP contribution in [0, 0.1) is 0 Å². The molecule has 2 aromatic heterocycles. The van der Waals surface area contributed by atoms with Crippen LogP contribution in [0.25, 0.3) is 11.3 Å². The van der Waals surface area contributed by atoms with Crippen LogP contribution in [0.3, 0.4) is 0 Å². The van der Waals surface area contributed by atoms with Gasteiger partial charge < -0.3 is 4.90 Å². The van der Waals surface area contributed by atoms with Crippen molar-refractivity contribution in [2.75, 3.05) is 18.0 Å². The number of aromatic nitrogens is 4. The van der Waals surface area contributed by atoms with E-state index >= 15 is 0 Å². The average Bonchev–Trinajstić information content (AvgIpc) is 2.48. The SMILES string of the molecule is O=c1[nH]c2nonc2nc1N1CCC1. The number of H-pyrrole nitrogens is 1. The molecule has 14 heavy (non-hydrogen) atoms. The van der Waals surface area contributed by atoms with Crippen molar-refractivity contribution < 1.29 is 4.63 Å². The van der Waals surface area contributed by atoms with Gasteiger partial charge in [0.2, 0.25) is 11.3 Å². The highest BCUT2D eigenvalue weighted by molar-refractivity contribution is 5.65. The lowest BCUT2D eigenvalue weighted by Gasteiger charge is -2.30. The molecule has 1 aliphatic heterocycles. The highest BCUT2D eigenvalue weighted by Crippen LogP contribution is 2.14. The fourth-order valence-corrected chi connectivity index (χ4v) is 1.39. The molecule has 0 saturated carbocycles. The van der Waals surface area contributed by atoms with Gasteiger partial charge in [0.25, 0.3) is 5.56 Å². The summed E-state index contributed by atoms with van der Waals surface area (Å²) < 4.78 is 4.46. The standard InChI is InChI=1S/C7H7N5O2/c13-7-6(12-2-1-3-12)8-4-5(9-7)11-14-10-4/h1-3H2,(H,9,11,13). The Balaban J connectivity index is 2.21. The fourth-order valence-electron chi connectivity index (χ4n) is 1.39. The molecule has 0 aromatic carbocycles. The number of aromatic amines is 1. The van der Waals surface area contributed by atoms with Crippen LogP contribution in [0.15, 0.2) is 9.42 Å². The summed E-state index contributed by atoms with van der Waals surface area (Å²) in [5.41, 5.74) is 0.388. The summed E-state index contributed by atoms with van der Waals surface area (Å²) >= 11 is 0. The Morgan fingerprint density at radius 3 is 2.93 bits per heavy atom. The van der Waals surface area contributed by atoms with Crippen molar-refractivity contribution >= 4 is 17.1 Å². The van der Waals surface area contributed by atoms with Gasteiger partial charge in [0.15, 0.2) is 5.82 Å². The molecular formula is C7H7N5O2. The molecule has 0 radical (unpaired) electrons. The second-order valence-corrected chi connectivity index (χ2v) is 3.17. The molecule has 0 bridgehead atoms. The summed E-state index contributed by atoms with van der Waals surface area (Å²) in [5, 5.41) is 7.07. The van der Waals surface area contributed by atoms with Crippen molar-refractivity contribution in [1.82, 2.24) is 20.3 Å². The van der Waals surface area contributed by atoms with E-state index in [0.29, 0.717) is 17.1 Å². The molecule has 7 nitrogen and oxygen atoms in total. The van der Waals surface area contributed by atoms with E-state index in [0.717, 1.165) is 19.5 Å². The van der Waals surface area contributed by atoms with Crippen molar-refractivity contribution in [1.29, 1.82) is 0 Å². The number of fused-ring (bicyclic) bond motifs is 1. The molecule has 0 atom stereocenters. The van der Waals surface area contributed by atoms with Gasteiger partial charge in [0, 0.05) is 13.1 Å². The summed E-state index contributed by atoms with van der Waals surface area (Å²) in [7, 11) is 0. The Morgan fingerprint density at radius 1 is 1.36 bits per heavy atom. The van der Waals surface area contributed by atoms with E-state index in [1.54, 1.807) is 0 Å². The van der Waals surface area contributed by atoms with Crippen molar-refractivity contribution in [2.45, 2.75) is 6.42 Å². The Morgan fingerprint density at radius 2 is 2.21 bits per heavy atom. The van der Waals surface area contributed by atoms with Crippen LogP contribution < -0.4 is 10.5 Å². The Hall–Kier alpha value is -1.92. The van der Waals surface area contributed by atoms with Gasteiger partial charge in [-0.1, -0.05) is 0 Å². The van der Waals surface area contributed by atoms with Gasteiger partial charge in [-0.25, -0.2) is 4.63 Å². The van der Waals surface area contributed by atoms with E-state index < -0.39 is 0 Å². The van der Waals surface area contributed by atoms with Gasteiger partial charge in [0.05, 0.1) is 0 Å².